The number of hydrogen-bond donors (Lipinski definition) is 1. The molecule has 2 rings (SSSR count). The summed E-state index contributed by atoms with van der Waals surface area (Å²) < 4.78 is 11.7. The summed E-state index contributed by atoms with van der Waals surface area (Å²) in [6, 6.07) is 7.95. The number of piperidine rings is 1. The van der Waals surface area contributed by atoms with Gasteiger partial charge in [-0.3, -0.25) is 0 Å². The molecule has 1 saturated heterocycles. The number of nitrogens with one attached hydrogen (secondary N) is 1. The number of hydrogen-bond acceptors (Lipinski definition) is 2. The molecule has 0 unspecified atom stereocenters. The van der Waals surface area contributed by atoms with Crippen LogP contribution in [0.15, 0.2) is 24.3 Å². The van der Waals surface area contributed by atoms with Gasteiger partial charge >= 0.3 is 0 Å². The van der Waals surface area contributed by atoms with Crippen molar-refractivity contribution >= 4 is 0 Å². The lowest BCUT2D eigenvalue weighted by Crippen LogP contribution is -3.13. The van der Waals surface area contributed by atoms with Crippen LogP contribution in [0, 0.1) is 5.92 Å². The van der Waals surface area contributed by atoms with E-state index in [0.29, 0.717) is 0 Å². The van der Waals surface area contributed by atoms with Crippen LogP contribution in [-0.4, -0.2) is 32.3 Å². The highest BCUT2D eigenvalue weighted by Crippen LogP contribution is 2.27. The molecule has 1 N–H and O–H groups in total. The molecule has 1 aromatic carbocycles. The molecule has 112 valence electrons. The molecule has 1 aliphatic heterocycles. The molecule has 20 heavy (non-hydrogen) atoms. The molecule has 3 nitrogen and oxygen atoms in total. The van der Waals surface area contributed by atoms with Crippen LogP contribution < -0.4 is 14.4 Å². The normalized spacial score (nSPS) is 22.8. The van der Waals surface area contributed by atoms with Gasteiger partial charge in [0.2, 0.25) is 0 Å². The second-order valence-corrected chi connectivity index (χ2v) is 6.14. The Bertz CT molecular complexity index is 398. The summed E-state index contributed by atoms with van der Waals surface area (Å²) in [7, 11) is 0. The predicted octanol–water partition coefficient (Wildman–Crippen LogP) is 2.17. The third-order valence-electron chi connectivity index (χ3n) is 3.91. The lowest BCUT2D eigenvalue weighted by Gasteiger charge is -2.27. The lowest BCUT2D eigenvalue weighted by molar-refractivity contribution is -0.906. The van der Waals surface area contributed by atoms with Gasteiger partial charge in [0.05, 0.1) is 19.2 Å². The molecular weight excluding hydrogens is 250 g/mol. The van der Waals surface area contributed by atoms with Crippen molar-refractivity contribution in [2.24, 2.45) is 5.92 Å². The lowest BCUT2D eigenvalue weighted by atomic mass is 9.99. The van der Waals surface area contributed by atoms with Crippen LogP contribution in [0.1, 0.15) is 33.6 Å². The van der Waals surface area contributed by atoms with Crippen LogP contribution >= 0.6 is 0 Å². The number of ether oxygens (including phenoxy) is 2. The second-order valence-electron chi connectivity index (χ2n) is 6.14. The quantitative estimate of drug-likeness (QED) is 0.862. The molecule has 0 aromatic heterocycles. The van der Waals surface area contributed by atoms with Crippen LogP contribution in [0.2, 0.25) is 0 Å². The predicted molar refractivity (Wildman–Crippen MR) is 81.7 cm³/mol. The highest BCUT2D eigenvalue weighted by Gasteiger charge is 2.18. The zero-order valence-electron chi connectivity index (χ0n) is 13.0. The van der Waals surface area contributed by atoms with Gasteiger partial charge < -0.3 is 14.4 Å². The van der Waals surface area contributed by atoms with Crippen molar-refractivity contribution in [3.8, 4) is 11.5 Å². The van der Waals surface area contributed by atoms with Crippen molar-refractivity contribution < 1.29 is 14.4 Å². The average Bonchev–Trinajstić information content (AvgIpc) is 2.42. The van der Waals surface area contributed by atoms with Gasteiger partial charge in [0.25, 0.3) is 0 Å². The van der Waals surface area contributed by atoms with Crippen LogP contribution in [0.25, 0.3) is 0 Å². The molecule has 0 radical (unpaired) electrons. The zero-order valence-corrected chi connectivity index (χ0v) is 13.0. The Morgan fingerprint density at radius 3 is 2.45 bits per heavy atom. The van der Waals surface area contributed by atoms with E-state index < -0.39 is 0 Å². The van der Waals surface area contributed by atoms with Gasteiger partial charge in [-0.2, -0.15) is 0 Å². The maximum atomic E-state index is 5.92. The van der Waals surface area contributed by atoms with E-state index in [1.54, 1.807) is 4.90 Å². The Morgan fingerprint density at radius 1 is 1.15 bits per heavy atom. The van der Waals surface area contributed by atoms with Crippen LogP contribution in [0.3, 0.4) is 0 Å². The smallest absolute Gasteiger partial charge is 0.161 e. The molecule has 1 heterocycles. The molecule has 3 heteroatoms. The summed E-state index contributed by atoms with van der Waals surface area (Å²) in [5.41, 5.74) is 0. The van der Waals surface area contributed by atoms with Crippen LogP contribution in [0.4, 0.5) is 0 Å². The third-order valence-corrected chi connectivity index (χ3v) is 3.91. The first-order chi connectivity index (χ1) is 9.65. The first-order valence-corrected chi connectivity index (χ1v) is 7.87. The Kier molecular flexibility index (Phi) is 5.72. The maximum absolute atomic E-state index is 5.92. The molecular formula is C17H28NO2+. The summed E-state index contributed by atoms with van der Waals surface area (Å²) in [6.07, 6.45) is 2.87. The van der Waals surface area contributed by atoms with Gasteiger partial charge in [-0.25, -0.2) is 0 Å². The van der Waals surface area contributed by atoms with Crippen LogP contribution in [-0.2, 0) is 0 Å². The fourth-order valence-electron chi connectivity index (χ4n) is 2.65. The Balaban J connectivity index is 1.79. The highest BCUT2D eigenvalue weighted by atomic mass is 16.5. The van der Waals surface area contributed by atoms with E-state index in [1.165, 1.54) is 25.9 Å². The molecule has 0 aliphatic carbocycles. The Hall–Kier alpha value is -1.22. The largest absolute Gasteiger partial charge is 0.487 e. The van der Waals surface area contributed by atoms with Crippen molar-refractivity contribution in [2.75, 3.05) is 26.2 Å². The Morgan fingerprint density at radius 2 is 1.80 bits per heavy atom. The fraction of sp³-hybridized carbons (Fsp3) is 0.647. The van der Waals surface area contributed by atoms with E-state index in [4.69, 9.17) is 9.47 Å². The van der Waals surface area contributed by atoms with Gasteiger partial charge in [-0.1, -0.05) is 19.1 Å². The maximum Gasteiger partial charge on any atom is 0.161 e. The van der Waals surface area contributed by atoms with E-state index in [-0.39, 0.29) is 6.10 Å². The van der Waals surface area contributed by atoms with Crippen molar-refractivity contribution in [2.45, 2.75) is 39.7 Å². The molecule has 1 aliphatic rings. The minimum Gasteiger partial charge on any atom is -0.487 e. The van der Waals surface area contributed by atoms with Crippen molar-refractivity contribution in [3.63, 3.8) is 0 Å². The zero-order chi connectivity index (χ0) is 14.4. The SMILES string of the molecule is CC1CC[NH+](CCOc2ccccc2OC(C)C)CC1. The summed E-state index contributed by atoms with van der Waals surface area (Å²) in [5, 5.41) is 0. The van der Waals surface area contributed by atoms with E-state index in [0.717, 1.165) is 30.6 Å². The number of quaternary nitrogens is 1. The highest BCUT2D eigenvalue weighted by molar-refractivity contribution is 5.39. The minimum atomic E-state index is 0.175. The van der Waals surface area contributed by atoms with E-state index >= 15 is 0 Å². The minimum absolute atomic E-state index is 0.175. The fourth-order valence-corrected chi connectivity index (χ4v) is 2.65. The van der Waals surface area contributed by atoms with E-state index in [1.807, 2.05) is 38.1 Å². The van der Waals surface area contributed by atoms with Gasteiger partial charge in [-0.15, -0.1) is 0 Å². The third kappa shape index (κ3) is 4.71. The molecule has 0 amide bonds. The molecule has 0 saturated carbocycles. The van der Waals surface area contributed by atoms with Crippen molar-refractivity contribution in [1.82, 2.24) is 0 Å². The summed E-state index contributed by atoms with van der Waals surface area (Å²) in [5.74, 6) is 2.62. The first kappa shape index (κ1) is 15.2. The van der Waals surface area contributed by atoms with Crippen LogP contribution in [0.5, 0.6) is 11.5 Å². The number of rotatable bonds is 6. The first-order valence-electron chi connectivity index (χ1n) is 7.87. The van der Waals surface area contributed by atoms with Crippen molar-refractivity contribution in [3.05, 3.63) is 24.3 Å². The van der Waals surface area contributed by atoms with Gasteiger partial charge in [-0.05, 0) is 44.7 Å². The summed E-state index contributed by atoms with van der Waals surface area (Å²) in [6.45, 7) is 10.9. The Labute approximate surface area is 122 Å². The number of para-hydroxylation sites is 2. The second kappa shape index (κ2) is 7.53. The molecule has 0 atom stereocenters. The molecule has 0 bridgehead atoms. The van der Waals surface area contributed by atoms with Gasteiger partial charge in [0.1, 0.15) is 13.2 Å². The van der Waals surface area contributed by atoms with E-state index in [2.05, 4.69) is 6.92 Å². The average molecular weight is 278 g/mol. The molecule has 1 fully saturated rings. The van der Waals surface area contributed by atoms with Crippen molar-refractivity contribution in [1.29, 1.82) is 0 Å². The molecule has 0 spiro atoms. The number of likely N-dealkylation sites (tertiary alicyclic amines) is 1. The standard InChI is InChI=1S/C17H27NO2/c1-14(2)20-17-7-5-4-6-16(17)19-13-12-18-10-8-15(3)9-11-18/h4-7,14-15H,8-13H2,1-3H3/p+1. The van der Waals surface area contributed by atoms with Gasteiger partial charge in [0, 0.05) is 0 Å². The summed E-state index contributed by atoms with van der Waals surface area (Å²) in [4.78, 5) is 1.67. The summed E-state index contributed by atoms with van der Waals surface area (Å²) >= 11 is 0. The monoisotopic (exact) mass is 278 g/mol. The molecule has 1 aromatic rings. The van der Waals surface area contributed by atoms with E-state index in [9.17, 15) is 0 Å². The number of benzene rings is 1. The van der Waals surface area contributed by atoms with Gasteiger partial charge in [0.15, 0.2) is 11.5 Å². The topological polar surface area (TPSA) is 22.9 Å².